The molecule has 1 N–H and O–H groups in total. The molecule has 1 amide bonds. The predicted octanol–water partition coefficient (Wildman–Crippen LogP) is 3.61. The third kappa shape index (κ3) is 4.81. The van der Waals surface area contributed by atoms with Crippen LogP contribution in [0, 0.1) is 13.8 Å². The normalized spacial score (nSPS) is 11.6. The molecule has 0 radical (unpaired) electrons. The fourth-order valence-corrected chi connectivity index (χ4v) is 3.96. The lowest BCUT2D eigenvalue weighted by Gasteiger charge is -2.20. The van der Waals surface area contributed by atoms with Gasteiger partial charge in [-0.25, -0.2) is 8.42 Å². The minimum absolute atomic E-state index is 0.109. The Balaban J connectivity index is 2.15. The molecule has 7 heteroatoms. The van der Waals surface area contributed by atoms with Crippen LogP contribution >= 0.6 is 11.6 Å². The maximum atomic E-state index is 12.7. The Morgan fingerprint density at radius 1 is 1.12 bits per heavy atom. The average molecular weight is 381 g/mol. The van der Waals surface area contributed by atoms with Crippen molar-refractivity contribution in [1.82, 2.24) is 4.31 Å². The Labute approximate surface area is 153 Å². The van der Waals surface area contributed by atoms with E-state index in [0.717, 1.165) is 15.4 Å². The van der Waals surface area contributed by atoms with Gasteiger partial charge in [0, 0.05) is 17.3 Å². The third-order valence-corrected chi connectivity index (χ3v) is 5.97. The van der Waals surface area contributed by atoms with E-state index in [0.29, 0.717) is 10.7 Å². The summed E-state index contributed by atoms with van der Waals surface area (Å²) in [6.45, 7) is 5.48. The van der Waals surface area contributed by atoms with Crippen molar-refractivity contribution in [2.45, 2.75) is 25.7 Å². The molecular formula is C18H21ClN2O3S. The smallest absolute Gasteiger partial charge is 0.243 e. The second kappa shape index (κ2) is 7.99. The first-order valence-electron chi connectivity index (χ1n) is 7.87. The van der Waals surface area contributed by atoms with Crippen LogP contribution in [0.3, 0.4) is 0 Å². The number of anilines is 1. The number of halogens is 1. The number of nitrogens with one attached hydrogen (secondary N) is 1. The number of carbonyl (C=O) groups excluding carboxylic acids is 1. The van der Waals surface area contributed by atoms with Crippen LogP contribution in [0.4, 0.5) is 5.69 Å². The molecule has 0 saturated carbocycles. The van der Waals surface area contributed by atoms with E-state index in [1.54, 1.807) is 6.92 Å². The van der Waals surface area contributed by atoms with Gasteiger partial charge in [-0.2, -0.15) is 4.31 Å². The van der Waals surface area contributed by atoms with Crippen LogP contribution in [0.5, 0.6) is 0 Å². The van der Waals surface area contributed by atoms with Crippen LogP contribution in [0.2, 0.25) is 5.02 Å². The van der Waals surface area contributed by atoms with Crippen molar-refractivity contribution in [3.8, 4) is 0 Å². The summed E-state index contributed by atoms with van der Waals surface area (Å²) >= 11 is 5.80. The average Bonchev–Trinajstić information content (AvgIpc) is 2.55. The molecule has 5 nitrogen and oxygen atoms in total. The standard InChI is InChI=1S/C18H21ClN2O3S/c1-4-21(25(23,24)16-8-6-15(19)7-9-16)12-18(22)20-17-10-5-13(2)11-14(17)3/h5-11H,4,12H2,1-3H3,(H,20,22). The number of aryl methyl sites for hydroxylation is 2. The summed E-state index contributed by atoms with van der Waals surface area (Å²) in [5.74, 6) is -0.383. The summed E-state index contributed by atoms with van der Waals surface area (Å²) in [5.41, 5.74) is 2.70. The highest BCUT2D eigenvalue weighted by Crippen LogP contribution is 2.19. The number of nitrogens with zero attached hydrogens (tertiary/aromatic N) is 1. The molecule has 134 valence electrons. The zero-order valence-electron chi connectivity index (χ0n) is 14.4. The van der Waals surface area contributed by atoms with Gasteiger partial charge in [0.05, 0.1) is 11.4 Å². The summed E-state index contributed by atoms with van der Waals surface area (Å²) in [5, 5.41) is 3.22. The van der Waals surface area contributed by atoms with Gasteiger partial charge in [0.1, 0.15) is 0 Å². The van der Waals surface area contributed by atoms with Crippen molar-refractivity contribution >= 4 is 33.2 Å². The quantitative estimate of drug-likeness (QED) is 0.832. The maximum absolute atomic E-state index is 12.7. The molecule has 0 aliphatic rings. The highest BCUT2D eigenvalue weighted by molar-refractivity contribution is 7.89. The monoisotopic (exact) mass is 380 g/mol. The molecule has 0 saturated heterocycles. The predicted molar refractivity (Wildman–Crippen MR) is 100 cm³/mol. The lowest BCUT2D eigenvalue weighted by Crippen LogP contribution is -2.37. The fraction of sp³-hybridized carbons (Fsp3) is 0.278. The topological polar surface area (TPSA) is 66.5 Å². The number of carbonyl (C=O) groups is 1. The van der Waals surface area contributed by atoms with Gasteiger partial charge in [0.25, 0.3) is 0 Å². The van der Waals surface area contributed by atoms with E-state index in [4.69, 9.17) is 11.6 Å². The largest absolute Gasteiger partial charge is 0.325 e. The van der Waals surface area contributed by atoms with Crippen molar-refractivity contribution in [2.24, 2.45) is 0 Å². The van der Waals surface area contributed by atoms with Crippen molar-refractivity contribution < 1.29 is 13.2 Å². The molecule has 0 atom stereocenters. The van der Waals surface area contributed by atoms with Crippen LogP contribution in [-0.4, -0.2) is 31.7 Å². The molecule has 0 aliphatic heterocycles. The Bertz CT molecular complexity index is 864. The Morgan fingerprint density at radius 3 is 2.32 bits per heavy atom. The molecule has 2 aromatic rings. The number of likely N-dealkylation sites (N-methyl/N-ethyl adjacent to an activating group) is 1. The van der Waals surface area contributed by atoms with Gasteiger partial charge >= 0.3 is 0 Å². The number of benzene rings is 2. The van der Waals surface area contributed by atoms with E-state index >= 15 is 0 Å². The lowest BCUT2D eigenvalue weighted by molar-refractivity contribution is -0.116. The first-order valence-corrected chi connectivity index (χ1v) is 9.68. The maximum Gasteiger partial charge on any atom is 0.243 e. The van der Waals surface area contributed by atoms with Crippen LogP contribution in [-0.2, 0) is 14.8 Å². The second-order valence-electron chi connectivity index (χ2n) is 5.75. The van der Waals surface area contributed by atoms with Crippen LogP contribution < -0.4 is 5.32 Å². The Kier molecular flexibility index (Phi) is 6.21. The molecule has 0 aromatic heterocycles. The van der Waals surface area contributed by atoms with Crippen molar-refractivity contribution in [3.63, 3.8) is 0 Å². The summed E-state index contributed by atoms with van der Waals surface area (Å²) in [7, 11) is -3.76. The zero-order chi connectivity index (χ0) is 18.6. The van der Waals surface area contributed by atoms with Crippen molar-refractivity contribution in [2.75, 3.05) is 18.4 Å². The number of amides is 1. The molecule has 0 unspecified atom stereocenters. The molecule has 0 fully saturated rings. The van der Waals surface area contributed by atoms with Gasteiger partial charge in [-0.15, -0.1) is 0 Å². The summed E-state index contributed by atoms with van der Waals surface area (Å²) in [6.07, 6.45) is 0. The van der Waals surface area contributed by atoms with Crippen molar-refractivity contribution in [3.05, 3.63) is 58.6 Å². The zero-order valence-corrected chi connectivity index (χ0v) is 16.0. The molecule has 0 heterocycles. The summed E-state index contributed by atoms with van der Waals surface area (Å²) < 4.78 is 26.5. The molecular weight excluding hydrogens is 360 g/mol. The van der Waals surface area contributed by atoms with Gasteiger partial charge in [-0.05, 0) is 49.7 Å². The number of rotatable bonds is 6. The highest BCUT2D eigenvalue weighted by Gasteiger charge is 2.25. The van der Waals surface area contributed by atoms with E-state index in [2.05, 4.69) is 5.32 Å². The van der Waals surface area contributed by atoms with Gasteiger partial charge < -0.3 is 5.32 Å². The first-order chi connectivity index (χ1) is 11.7. The molecule has 0 spiro atoms. The fourth-order valence-electron chi connectivity index (χ4n) is 2.43. The van der Waals surface area contributed by atoms with Gasteiger partial charge in [-0.1, -0.05) is 36.2 Å². The van der Waals surface area contributed by atoms with Gasteiger partial charge in [0.2, 0.25) is 15.9 Å². The highest BCUT2D eigenvalue weighted by atomic mass is 35.5. The first kappa shape index (κ1) is 19.4. The van der Waals surface area contributed by atoms with Crippen LogP contribution in [0.15, 0.2) is 47.4 Å². The minimum Gasteiger partial charge on any atom is -0.325 e. The Morgan fingerprint density at radius 2 is 1.76 bits per heavy atom. The van der Waals surface area contributed by atoms with E-state index in [1.165, 1.54) is 24.3 Å². The number of sulfonamides is 1. The number of hydrogen-bond donors (Lipinski definition) is 1. The number of hydrogen-bond acceptors (Lipinski definition) is 3. The van der Waals surface area contributed by atoms with E-state index < -0.39 is 10.0 Å². The minimum atomic E-state index is -3.76. The Hall–Kier alpha value is -1.89. The van der Waals surface area contributed by atoms with Gasteiger partial charge in [-0.3, -0.25) is 4.79 Å². The molecule has 2 rings (SSSR count). The SMILES string of the molecule is CCN(CC(=O)Nc1ccc(C)cc1C)S(=O)(=O)c1ccc(Cl)cc1. The third-order valence-electron chi connectivity index (χ3n) is 3.78. The van der Waals surface area contributed by atoms with Crippen molar-refractivity contribution in [1.29, 1.82) is 0 Å². The summed E-state index contributed by atoms with van der Waals surface area (Å²) in [4.78, 5) is 12.4. The molecule has 0 aliphatic carbocycles. The molecule has 0 bridgehead atoms. The van der Waals surface area contributed by atoms with Gasteiger partial charge in [0.15, 0.2) is 0 Å². The van der Waals surface area contributed by atoms with Crippen LogP contribution in [0.25, 0.3) is 0 Å². The lowest BCUT2D eigenvalue weighted by atomic mass is 10.1. The second-order valence-corrected chi connectivity index (χ2v) is 8.13. The molecule has 25 heavy (non-hydrogen) atoms. The van der Waals surface area contributed by atoms with E-state index in [1.807, 2.05) is 32.0 Å². The summed E-state index contributed by atoms with van der Waals surface area (Å²) in [6, 6.07) is 11.6. The molecule has 2 aromatic carbocycles. The van der Waals surface area contributed by atoms with E-state index in [-0.39, 0.29) is 23.9 Å². The van der Waals surface area contributed by atoms with E-state index in [9.17, 15) is 13.2 Å². The van der Waals surface area contributed by atoms with Crippen LogP contribution in [0.1, 0.15) is 18.1 Å².